The first-order chi connectivity index (χ1) is 14.9. The Labute approximate surface area is 178 Å². The van der Waals surface area contributed by atoms with E-state index in [1.165, 1.54) is 23.1 Å². The van der Waals surface area contributed by atoms with E-state index in [1.54, 1.807) is 61.5 Å². The largest absolute Gasteiger partial charge is 0.507 e. The highest BCUT2D eigenvalue weighted by Gasteiger charge is 2.47. The number of Topliss-reactive ketones (excluding diaryl/α,β-unsaturated/α-hetero) is 1. The maximum atomic E-state index is 13.1. The molecule has 1 heterocycles. The van der Waals surface area contributed by atoms with Crippen molar-refractivity contribution in [3.63, 3.8) is 0 Å². The summed E-state index contributed by atoms with van der Waals surface area (Å²) in [6.07, 6.45) is 0. The lowest BCUT2D eigenvalue weighted by atomic mass is 9.94. The van der Waals surface area contributed by atoms with Crippen LogP contribution >= 0.6 is 0 Å². The third-order valence-corrected chi connectivity index (χ3v) is 5.26. The number of non-ortho nitro benzene ring substituents is 1. The minimum Gasteiger partial charge on any atom is -0.507 e. The van der Waals surface area contributed by atoms with Gasteiger partial charge in [-0.15, -0.1) is 0 Å². The molecule has 4 rings (SSSR count). The summed E-state index contributed by atoms with van der Waals surface area (Å²) in [5.74, 6) is -1.98. The summed E-state index contributed by atoms with van der Waals surface area (Å²) in [7, 11) is 0. The zero-order valence-electron chi connectivity index (χ0n) is 16.6. The zero-order chi connectivity index (χ0) is 22.1. The molecule has 1 aliphatic rings. The zero-order valence-corrected chi connectivity index (χ0v) is 16.6. The lowest BCUT2D eigenvalue weighted by Crippen LogP contribution is -2.30. The van der Waals surface area contributed by atoms with Gasteiger partial charge in [0.25, 0.3) is 17.4 Å². The second kappa shape index (κ2) is 7.87. The number of aliphatic hydroxyl groups excluding tert-OH is 1. The molecular formula is C24H18N2O5. The van der Waals surface area contributed by atoms with Crippen LogP contribution in [0.2, 0.25) is 0 Å². The van der Waals surface area contributed by atoms with Crippen molar-refractivity contribution in [1.82, 2.24) is 0 Å². The molecule has 1 N–H and O–H groups in total. The smallest absolute Gasteiger partial charge is 0.300 e. The number of nitrogens with zero attached hydrogens (tertiary/aromatic N) is 2. The molecule has 7 nitrogen and oxygen atoms in total. The maximum absolute atomic E-state index is 13.1. The van der Waals surface area contributed by atoms with Crippen molar-refractivity contribution in [2.24, 2.45) is 0 Å². The number of nitro groups is 1. The molecule has 154 valence electrons. The number of anilines is 1. The average molecular weight is 414 g/mol. The van der Waals surface area contributed by atoms with Crippen LogP contribution in [0.15, 0.2) is 84.4 Å². The molecule has 31 heavy (non-hydrogen) atoms. The molecule has 3 aromatic rings. The Morgan fingerprint density at radius 2 is 1.65 bits per heavy atom. The molecule has 1 aliphatic heterocycles. The van der Waals surface area contributed by atoms with Crippen LogP contribution in [0.1, 0.15) is 22.7 Å². The van der Waals surface area contributed by atoms with Gasteiger partial charge in [0.2, 0.25) is 0 Å². The lowest BCUT2D eigenvalue weighted by Gasteiger charge is -2.26. The van der Waals surface area contributed by atoms with Gasteiger partial charge in [-0.3, -0.25) is 24.6 Å². The van der Waals surface area contributed by atoms with Gasteiger partial charge in [0.05, 0.1) is 16.5 Å². The van der Waals surface area contributed by atoms with Crippen LogP contribution in [0.4, 0.5) is 11.4 Å². The Balaban J connectivity index is 2.00. The number of hydrogen-bond acceptors (Lipinski definition) is 5. The normalized spacial score (nSPS) is 17.7. The summed E-state index contributed by atoms with van der Waals surface area (Å²) in [6.45, 7) is 1.80. The molecule has 1 atom stereocenters. The van der Waals surface area contributed by atoms with Crippen molar-refractivity contribution in [3.8, 4) is 0 Å². The van der Waals surface area contributed by atoms with E-state index in [9.17, 15) is 24.8 Å². The van der Waals surface area contributed by atoms with E-state index in [0.29, 0.717) is 16.8 Å². The maximum Gasteiger partial charge on any atom is 0.300 e. The predicted octanol–water partition coefficient (Wildman–Crippen LogP) is 4.53. The molecule has 1 amide bonds. The number of nitro benzene ring substituents is 1. The van der Waals surface area contributed by atoms with Gasteiger partial charge >= 0.3 is 0 Å². The van der Waals surface area contributed by atoms with Gasteiger partial charge in [-0.2, -0.15) is 0 Å². The van der Waals surface area contributed by atoms with E-state index >= 15 is 0 Å². The SMILES string of the molecule is Cc1ccccc1N1C(=O)C(=O)C(=C(O)c2ccccc2)C1c1cccc([N+](=O)[O-])c1. The van der Waals surface area contributed by atoms with E-state index in [1.807, 2.05) is 6.07 Å². The standard InChI is InChI=1S/C24H18N2O5/c1-15-8-5-6-13-19(15)25-21(17-11-7-12-18(14-17)26(30)31)20(23(28)24(25)29)22(27)16-9-3-2-4-10-16/h2-14,21,27H,1H3. The Morgan fingerprint density at radius 1 is 0.968 bits per heavy atom. The quantitative estimate of drug-likeness (QED) is 0.222. The van der Waals surface area contributed by atoms with E-state index in [2.05, 4.69) is 0 Å². The van der Waals surface area contributed by atoms with Gasteiger partial charge in [-0.25, -0.2) is 0 Å². The van der Waals surface area contributed by atoms with Crippen LogP contribution in [-0.2, 0) is 9.59 Å². The van der Waals surface area contributed by atoms with E-state index in [4.69, 9.17) is 0 Å². The molecule has 7 heteroatoms. The molecule has 1 saturated heterocycles. The van der Waals surface area contributed by atoms with E-state index in [0.717, 1.165) is 5.56 Å². The Bertz CT molecular complexity index is 1230. The Kier molecular flexibility index (Phi) is 5.09. The third kappa shape index (κ3) is 3.46. The number of para-hydroxylation sites is 1. The third-order valence-electron chi connectivity index (χ3n) is 5.26. The molecule has 0 aliphatic carbocycles. The van der Waals surface area contributed by atoms with Gasteiger partial charge in [0.15, 0.2) is 0 Å². The summed E-state index contributed by atoms with van der Waals surface area (Å²) in [5, 5.41) is 22.3. The predicted molar refractivity (Wildman–Crippen MR) is 116 cm³/mol. The van der Waals surface area contributed by atoms with Gasteiger partial charge in [0, 0.05) is 23.4 Å². The topological polar surface area (TPSA) is 101 Å². The molecule has 1 unspecified atom stereocenters. The summed E-state index contributed by atoms with van der Waals surface area (Å²) < 4.78 is 0. The van der Waals surface area contributed by atoms with Crippen molar-refractivity contribution in [2.45, 2.75) is 13.0 Å². The summed E-state index contributed by atoms with van der Waals surface area (Å²) in [5.41, 5.74) is 1.69. The van der Waals surface area contributed by atoms with Crippen LogP contribution < -0.4 is 4.90 Å². The number of hydrogen-bond donors (Lipinski definition) is 1. The van der Waals surface area contributed by atoms with Crippen molar-refractivity contribution in [1.29, 1.82) is 0 Å². The molecule has 3 aromatic carbocycles. The lowest BCUT2D eigenvalue weighted by molar-refractivity contribution is -0.384. The van der Waals surface area contributed by atoms with Gasteiger partial charge in [0.1, 0.15) is 5.76 Å². The van der Waals surface area contributed by atoms with E-state index < -0.39 is 22.7 Å². The van der Waals surface area contributed by atoms with Crippen molar-refractivity contribution < 1.29 is 19.6 Å². The molecule has 0 saturated carbocycles. The number of amides is 1. The number of carbonyl (C=O) groups excluding carboxylic acids is 2. The fourth-order valence-electron chi connectivity index (χ4n) is 3.79. The summed E-state index contributed by atoms with van der Waals surface area (Å²) >= 11 is 0. The Hall–Kier alpha value is -4.26. The number of benzene rings is 3. The molecule has 0 spiro atoms. The van der Waals surface area contributed by atoms with Crippen molar-refractivity contribution in [3.05, 3.63) is 111 Å². The molecule has 0 aromatic heterocycles. The first-order valence-electron chi connectivity index (χ1n) is 9.56. The molecular weight excluding hydrogens is 396 g/mol. The number of carbonyl (C=O) groups is 2. The number of ketones is 1. The second-order valence-corrected chi connectivity index (χ2v) is 7.17. The average Bonchev–Trinajstić information content (AvgIpc) is 3.05. The summed E-state index contributed by atoms with van der Waals surface area (Å²) in [4.78, 5) is 38.3. The Morgan fingerprint density at radius 3 is 2.32 bits per heavy atom. The van der Waals surface area contributed by atoms with Crippen LogP contribution in [0.5, 0.6) is 0 Å². The van der Waals surface area contributed by atoms with E-state index in [-0.39, 0.29) is 17.0 Å². The second-order valence-electron chi connectivity index (χ2n) is 7.17. The highest BCUT2D eigenvalue weighted by molar-refractivity contribution is 6.51. The van der Waals surface area contributed by atoms with Crippen molar-refractivity contribution in [2.75, 3.05) is 4.90 Å². The number of aliphatic hydroxyl groups is 1. The molecule has 0 radical (unpaired) electrons. The van der Waals surface area contributed by atoms with Gasteiger partial charge < -0.3 is 5.11 Å². The van der Waals surface area contributed by atoms with Crippen molar-refractivity contribution >= 4 is 28.8 Å². The van der Waals surface area contributed by atoms with Gasteiger partial charge in [-0.1, -0.05) is 60.7 Å². The van der Waals surface area contributed by atoms with Crippen LogP contribution in [0.25, 0.3) is 5.76 Å². The molecule has 0 bridgehead atoms. The highest BCUT2D eigenvalue weighted by Crippen LogP contribution is 2.43. The first-order valence-corrected chi connectivity index (χ1v) is 9.56. The van der Waals surface area contributed by atoms with Crippen LogP contribution in [0.3, 0.4) is 0 Å². The van der Waals surface area contributed by atoms with Gasteiger partial charge in [-0.05, 0) is 24.1 Å². The minimum atomic E-state index is -1.01. The van der Waals surface area contributed by atoms with Crippen LogP contribution in [-0.4, -0.2) is 21.7 Å². The minimum absolute atomic E-state index is 0.111. The van der Waals surface area contributed by atoms with Crippen LogP contribution in [0, 0.1) is 17.0 Å². The summed E-state index contributed by atoms with van der Waals surface area (Å²) in [6, 6.07) is 20.2. The monoisotopic (exact) mass is 414 g/mol. The fourth-order valence-corrected chi connectivity index (χ4v) is 3.79. The first kappa shape index (κ1) is 20.0. The fraction of sp³-hybridized carbons (Fsp3) is 0.0833. The molecule has 1 fully saturated rings. The highest BCUT2D eigenvalue weighted by atomic mass is 16.6. The number of aryl methyl sites for hydroxylation is 1. The number of rotatable bonds is 4.